The summed E-state index contributed by atoms with van der Waals surface area (Å²) < 4.78 is 11.5. The molecule has 4 aromatic carbocycles. The van der Waals surface area contributed by atoms with Gasteiger partial charge >= 0.3 is 12.0 Å². The van der Waals surface area contributed by atoms with Gasteiger partial charge in [-0.25, -0.2) is 0 Å². The van der Waals surface area contributed by atoms with Crippen LogP contribution in [0.2, 0.25) is 0 Å². The van der Waals surface area contributed by atoms with E-state index in [4.69, 9.17) is 9.47 Å². The Hall–Kier alpha value is -4.91. The molecule has 0 radical (unpaired) electrons. The summed E-state index contributed by atoms with van der Waals surface area (Å²) in [5, 5.41) is 18.9. The van der Waals surface area contributed by atoms with Gasteiger partial charge in [0.25, 0.3) is 0 Å². The summed E-state index contributed by atoms with van der Waals surface area (Å²) in [6.07, 6.45) is 1.33. The van der Waals surface area contributed by atoms with Crippen LogP contribution in [0, 0.1) is 0 Å². The summed E-state index contributed by atoms with van der Waals surface area (Å²) in [4.78, 5) is 12.3. The minimum absolute atomic E-state index is 0.114. The van der Waals surface area contributed by atoms with E-state index in [1.54, 1.807) is 24.3 Å². The Labute approximate surface area is 195 Å². The molecule has 5 aromatic rings. The minimum Gasteiger partial charge on any atom is -0.508 e. The number of aromatic nitrogens is 3. The summed E-state index contributed by atoms with van der Waals surface area (Å²) in [7, 11) is 0. The molecule has 1 aromatic heterocycles. The van der Waals surface area contributed by atoms with Crippen LogP contribution in [0.25, 0.3) is 22.3 Å². The molecule has 0 spiro atoms. The Morgan fingerprint density at radius 3 is 1.12 bits per heavy atom. The zero-order chi connectivity index (χ0) is 23.3. The van der Waals surface area contributed by atoms with Crippen molar-refractivity contribution in [1.82, 2.24) is 15.0 Å². The van der Waals surface area contributed by atoms with Crippen molar-refractivity contribution in [3.8, 4) is 57.3 Å². The van der Waals surface area contributed by atoms with Gasteiger partial charge in [0.05, 0.1) is 0 Å². The number of benzene rings is 4. The number of aromatic hydroxyl groups is 2. The van der Waals surface area contributed by atoms with Gasteiger partial charge in [0, 0.05) is 0 Å². The number of hydrogen-bond donors (Lipinski definition) is 2. The van der Waals surface area contributed by atoms with E-state index < -0.39 is 0 Å². The van der Waals surface area contributed by atoms with E-state index in [1.807, 2.05) is 72.8 Å². The summed E-state index contributed by atoms with van der Waals surface area (Å²) >= 11 is 0. The highest BCUT2D eigenvalue weighted by Crippen LogP contribution is 2.28. The summed E-state index contributed by atoms with van der Waals surface area (Å²) in [6, 6.07) is 29.1. The first-order valence-electron chi connectivity index (χ1n) is 10.5. The predicted molar refractivity (Wildman–Crippen MR) is 127 cm³/mol. The smallest absolute Gasteiger partial charge is 0.328 e. The first-order valence-corrected chi connectivity index (χ1v) is 10.5. The highest BCUT2D eigenvalue weighted by Gasteiger charge is 2.07. The Morgan fingerprint density at radius 1 is 0.441 bits per heavy atom. The molecule has 7 nitrogen and oxygen atoms in total. The predicted octanol–water partition coefficient (Wildman–Crippen LogP) is 6.20. The lowest BCUT2D eigenvalue weighted by molar-refractivity contribution is 0.397. The molecular formula is C27H19N3O4. The van der Waals surface area contributed by atoms with Crippen molar-refractivity contribution >= 4 is 0 Å². The second-order valence-corrected chi connectivity index (χ2v) is 7.40. The van der Waals surface area contributed by atoms with E-state index in [2.05, 4.69) is 15.0 Å². The number of hydrogen-bond acceptors (Lipinski definition) is 7. The molecule has 0 fully saturated rings. The Bertz CT molecular complexity index is 1280. The fraction of sp³-hybridized carbons (Fsp3) is 0. The first kappa shape index (κ1) is 21.0. The molecule has 34 heavy (non-hydrogen) atoms. The third kappa shape index (κ3) is 4.94. The molecule has 0 aliphatic carbocycles. The van der Waals surface area contributed by atoms with Crippen molar-refractivity contribution in [2.75, 3.05) is 0 Å². The number of phenols is 2. The maximum absolute atomic E-state index is 9.44. The molecule has 0 bridgehead atoms. The van der Waals surface area contributed by atoms with Crippen LogP contribution in [0.1, 0.15) is 0 Å². The van der Waals surface area contributed by atoms with Gasteiger partial charge in [-0.15, -0.1) is 4.98 Å². The lowest BCUT2D eigenvalue weighted by Crippen LogP contribution is -1.97. The van der Waals surface area contributed by atoms with Crippen molar-refractivity contribution < 1.29 is 19.7 Å². The summed E-state index contributed by atoms with van der Waals surface area (Å²) in [5.41, 5.74) is 3.94. The second-order valence-electron chi connectivity index (χ2n) is 7.40. The molecule has 0 saturated heterocycles. The van der Waals surface area contributed by atoms with E-state index in [0.29, 0.717) is 11.5 Å². The van der Waals surface area contributed by atoms with E-state index in [9.17, 15) is 10.2 Å². The van der Waals surface area contributed by atoms with Crippen molar-refractivity contribution in [3.63, 3.8) is 0 Å². The molecule has 0 aliphatic rings. The number of phenolic OH excluding ortho intramolecular Hbond substituents is 2. The molecule has 166 valence electrons. The lowest BCUT2D eigenvalue weighted by Gasteiger charge is -2.08. The highest BCUT2D eigenvalue weighted by atomic mass is 16.5. The van der Waals surface area contributed by atoms with Crippen molar-refractivity contribution in [2.45, 2.75) is 0 Å². The zero-order valence-electron chi connectivity index (χ0n) is 17.9. The van der Waals surface area contributed by atoms with Crippen LogP contribution in [-0.4, -0.2) is 25.2 Å². The van der Waals surface area contributed by atoms with Gasteiger partial charge in [-0.1, -0.05) is 48.5 Å². The molecule has 7 heteroatoms. The molecule has 0 aliphatic heterocycles. The Morgan fingerprint density at radius 2 is 0.765 bits per heavy atom. The molecule has 1 heterocycles. The number of ether oxygens (including phenoxy) is 2. The average Bonchev–Trinajstić information content (AvgIpc) is 2.86. The van der Waals surface area contributed by atoms with Crippen LogP contribution in [0.5, 0.6) is 35.0 Å². The monoisotopic (exact) mass is 449 g/mol. The SMILES string of the molecule is Oc1ccc(-c2ccc(Oc3ncnc(Oc4ccc(-c5ccc(O)cc5)cc4)n3)cc2)cc1. The second kappa shape index (κ2) is 9.30. The van der Waals surface area contributed by atoms with Gasteiger partial charge in [0.15, 0.2) is 0 Å². The fourth-order valence-electron chi connectivity index (χ4n) is 3.31. The molecule has 0 amide bonds. The first-order chi connectivity index (χ1) is 16.6. The van der Waals surface area contributed by atoms with Crippen molar-refractivity contribution in [2.24, 2.45) is 0 Å². The van der Waals surface area contributed by atoms with Crippen LogP contribution in [0.15, 0.2) is 103 Å². The molecule has 5 rings (SSSR count). The molecule has 2 N–H and O–H groups in total. The topological polar surface area (TPSA) is 97.6 Å². The van der Waals surface area contributed by atoms with E-state index in [1.165, 1.54) is 6.33 Å². The third-order valence-corrected chi connectivity index (χ3v) is 5.06. The molecule has 0 unspecified atom stereocenters. The van der Waals surface area contributed by atoms with Crippen LogP contribution >= 0.6 is 0 Å². The maximum Gasteiger partial charge on any atom is 0.328 e. The lowest BCUT2D eigenvalue weighted by atomic mass is 10.1. The summed E-state index contributed by atoms with van der Waals surface area (Å²) in [5.74, 6) is 1.59. The number of nitrogens with zero attached hydrogens (tertiary/aromatic N) is 3. The van der Waals surface area contributed by atoms with Gasteiger partial charge in [0.1, 0.15) is 29.3 Å². The third-order valence-electron chi connectivity index (χ3n) is 5.06. The van der Waals surface area contributed by atoms with Gasteiger partial charge in [-0.05, 0) is 70.8 Å². The van der Waals surface area contributed by atoms with Crippen LogP contribution in [0.3, 0.4) is 0 Å². The van der Waals surface area contributed by atoms with Crippen LogP contribution < -0.4 is 9.47 Å². The quantitative estimate of drug-likeness (QED) is 0.318. The molecular weight excluding hydrogens is 430 g/mol. The van der Waals surface area contributed by atoms with Gasteiger partial charge in [-0.2, -0.15) is 9.97 Å². The van der Waals surface area contributed by atoms with Crippen LogP contribution in [0.4, 0.5) is 0 Å². The van der Waals surface area contributed by atoms with Crippen LogP contribution in [-0.2, 0) is 0 Å². The Balaban J connectivity index is 1.25. The standard InChI is InChI=1S/C27H19N3O4/c31-22-9-1-18(2-10-22)20-5-13-24(14-6-20)33-26-28-17-29-27(30-26)34-25-15-7-21(8-16-25)19-3-11-23(32)12-4-19/h1-17,31-32H. The average molecular weight is 449 g/mol. The van der Waals surface area contributed by atoms with E-state index in [-0.39, 0.29) is 23.5 Å². The molecule has 0 atom stereocenters. The normalized spacial score (nSPS) is 10.6. The zero-order valence-corrected chi connectivity index (χ0v) is 17.9. The number of rotatable bonds is 6. The van der Waals surface area contributed by atoms with Gasteiger partial charge in [-0.3, -0.25) is 0 Å². The van der Waals surface area contributed by atoms with Gasteiger partial charge in [0.2, 0.25) is 0 Å². The minimum atomic E-state index is 0.114. The van der Waals surface area contributed by atoms with Crippen molar-refractivity contribution in [3.05, 3.63) is 103 Å². The van der Waals surface area contributed by atoms with Gasteiger partial charge < -0.3 is 19.7 Å². The largest absolute Gasteiger partial charge is 0.508 e. The maximum atomic E-state index is 9.44. The van der Waals surface area contributed by atoms with E-state index >= 15 is 0 Å². The summed E-state index contributed by atoms with van der Waals surface area (Å²) in [6.45, 7) is 0. The fourth-order valence-corrected chi connectivity index (χ4v) is 3.31. The van der Waals surface area contributed by atoms with E-state index in [0.717, 1.165) is 22.3 Å². The Kier molecular flexibility index (Phi) is 5.73. The molecule has 0 saturated carbocycles. The highest BCUT2D eigenvalue weighted by molar-refractivity contribution is 5.65. The van der Waals surface area contributed by atoms with Crippen molar-refractivity contribution in [1.29, 1.82) is 0 Å².